The maximum Gasteiger partial charge on any atom is 0.139 e. The predicted molar refractivity (Wildman–Crippen MR) is 39.8 cm³/mol. The molecule has 9 heavy (non-hydrogen) atoms. The van der Waals surface area contributed by atoms with Crippen LogP contribution in [0.1, 0.15) is 10.5 Å². The van der Waals surface area contributed by atoms with Crippen LogP contribution in [0.5, 0.6) is 0 Å². The summed E-state index contributed by atoms with van der Waals surface area (Å²) in [7, 11) is 0. The molecule has 0 aliphatic carbocycles. The second-order valence-corrected chi connectivity index (χ2v) is 3.16. The second-order valence-electron chi connectivity index (χ2n) is 1.45. The van der Waals surface area contributed by atoms with Crippen molar-refractivity contribution in [1.29, 1.82) is 0 Å². The van der Waals surface area contributed by atoms with Crippen LogP contribution < -0.4 is 0 Å². The zero-order valence-electron chi connectivity index (χ0n) is 4.45. The fourth-order valence-corrected chi connectivity index (χ4v) is 1.44. The van der Waals surface area contributed by atoms with Crippen molar-refractivity contribution in [3.8, 4) is 0 Å². The van der Waals surface area contributed by atoms with E-state index in [2.05, 4.69) is 20.9 Å². The summed E-state index contributed by atoms with van der Waals surface area (Å²) < 4.78 is 0. The number of thiazole rings is 1. The molecule has 1 atom stereocenters. The van der Waals surface area contributed by atoms with Crippen LogP contribution in [-0.4, -0.2) is 11.3 Å². The Morgan fingerprint density at radius 2 is 2.67 bits per heavy atom. The zero-order valence-corrected chi connectivity index (χ0v) is 6.85. The molecular weight excluding hydrogens is 202 g/mol. The number of carbonyl (C=O) groups excluding carboxylic acids is 1. The zero-order chi connectivity index (χ0) is 6.69. The van der Waals surface area contributed by atoms with E-state index in [0.717, 1.165) is 12.0 Å². The quantitative estimate of drug-likeness (QED) is 0.545. The van der Waals surface area contributed by atoms with Gasteiger partial charge in [0.05, 0.1) is 11.2 Å². The van der Waals surface area contributed by atoms with Gasteiger partial charge in [0.15, 0.2) is 0 Å². The minimum absolute atomic E-state index is 0.233. The van der Waals surface area contributed by atoms with Gasteiger partial charge in [0.2, 0.25) is 0 Å². The number of halogens is 1. The van der Waals surface area contributed by atoms with Gasteiger partial charge >= 0.3 is 0 Å². The Bertz CT molecular complexity index is 187. The molecule has 0 radical (unpaired) electrons. The molecule has 1 heterocycles. The third kappa shape index (κ3) is 1.59. The molecule has 0 bridgehead atoms. The van der Waals surface area contributed by atoms with Crippen LogP contribution >= 0.6 is 27.3 Å². The molecule has 1 aromatic heterocycles. The topological polar surface area (TPSA) is 30.0 Å². The van der Waals surface area contributed by atoms with Crippen molar-refractivity contribution in [3.63, 3.8) is 0 Å². The van der Waals surface area contributed by atoms with Crippen molar-refractivity contribution in [2.45, 2.75) is 4.83 Å². The summed E-state index contributed by atoms with van der Waals surface area (Å²) in [4.78, 5) is 13.8. The first-order valence-electron chi connectivity index (χ1n) is 2.32. The lowest BCUT2D eigenvalue weighted by atomic mass is 10.4. The highest BCUT2D eigenvalue weighted by Gasteiger charge is 2.05. The fraction of sp³-hybridized carbons (Fsp3) is 0.200. The summed E-state index contributed by atoms with van der Waals surface area (Å²) in [6, 6.07) is 0. The SMILES string of the molecule is O=CC(Br)c1cscn1. The first-order chi connectivity index (χ1) is 4.34. The molecule has 0 saturated carbocycles. The van der Waals surface area contributed by atoms with Gasteiger partial charge in [0, 0.05) is 5.38 Å². The van der Waals surface area contributed by atoms with Gasteiger partial charge in [-0.15, -0.1) is 11.3 Å². The summed E-state index contributed by atoms with van der Waals surface area (Å²) in [5.41, 5.74) is 2.49. The van der Waals surface area contributed by atoms with Crippen molar-refractivity contribution in [2.24, 2.45) is 0 Å². The summed E-state index contributed by atoms with van der Waals surface area (Å²) in [5, 5.41) is 1.84. The van der Waals surface area contributed by atoms with Gasteiger partial charge in [-0.05, 0) is 0 Å². The maximum atomic E-state index is 10.1. The van der Waals surface area contributed by atoms with E-state index in [9.17, 15) is 4.79 Å². The molecule has 0 saturated heterocycles. The number of carbonyl (C=O) groups is 1. The third-order valence-electron chi connectivity index (χ3n) is 0.853. The molecule has 1 rings (SSSR count). The summed E-state index contributed by atoms with van der Waals surface area (Å²) in [5.74, 6) is 0. The van der Waals surface area contributed by atoms with E-state index >= 15 is 0 Å². The lowest BCUT2D eigenvalue weighted by Gasteiger charge is -1.91. The Labute approximate surface area is 65.1 Å². The highest BCUT2D eigenvalue weighted by molar-refractivity contribution is 9.09. The normalized spacial score (nSPS) is 13.0. The van der Waals surface area contributed by atoms with Gasteiger partial charge < -0.3 is 4.79 Å². The highest BCUT2D eigenvalue weighted by Crippen LogP contribution is 2.18. The van der Waals surface area contributed by atoms with Crippen molar-refractivity contribution in [1.82, 2.24) is 4.98 Å². The number of aldehydes is 1. The summed E-state index contributed by atoms with van der Waals surface area (Å²) in [6.45, 7) is 0. The van der Waals surface area contributed by atoms with Crippen LogP contribution in [-0.2, 0) is 4.79 Å². The average molecular weight is 206 g/mol. The van der Waals surface area contributed by atoms with Gasteiger partial charge in [-0.25, -0.2) is 4.98 Å². The molecule has 4 heteroatoms. The number of nitrogens with zero attached hydrogens (tertiary/aromatic N) is 1. The van der Waals surface area contributed by atoms with Crippen LogP contribution in [0.25, 0.3) is 0 Å². The molecule has 0 aliphatic heterocycles. The average Bonchev–Trinajstić information content (AvgIpc) is 2.37. The Morgan fingerprint density at radius 1 is 1.89 bits per heavy atom. The molecule has 48 valence electrons. The summed E-state index contributed by atoms with van der Waals surface area (Å²) in [6.07, 6.45) is 0.815. The number of hydrogen-bond donors (Lipinski definition) is 0. The predicted octanol–water partition coefficient (Wildman–Crippen LogP) is 1.78. The van der Waals surface area contributed by atoms with E-state index in [0.29, 0.717) is 0 Å². The van der Waals surface area contributed by atoms with Crippen molar-refractivity contribution in [2.75, 3.05) is 0 Å². The van der Waals surface area contributed by atoms with E-state index in [1.54, 1.807) is 5.51 Å². The first kappa shape index (κ1) is 6.89. The van der Waals surface area contributed by atoms with E-state index in [4.69, 9.17) is 0 Å². The molecule has 0 amide bonds. The monoisotopic (exact) mass is 205 g/mol. The van der Waals surface area contributed by atoms with Crippen LogP contribution in [0.4, 0.5) is 0 Å². The first-order valence-corrected chi connectivity index (χ1v) is 4.18. The van der Waals surface area contributed by atoms with E-state index in [1.165, 1.54) is 11.3 Å². The number of rotatable bonds is 2. The minimum atomic E-state index is -0.233. The largest absolute Gasteiger partial charge is 0.302 e. The van der Waals surface area contributed by atoms with Gasteiger partial charge in [-0.3, -0.25) is 0 Å². The molecule has 0 spiro atoms. The molecule has 0 fully saturated rings. The Kier molecular flexibility index (Phi) is 2.36. The van der Waals surface area contributed by atoms with Crippen LogP contribution in [0, 0.1) is 0 Å². The van der Waals surface area contributed by atoms with Gasteiger partial charge in [-0.2, -0.15) is 0 Å². The standard InChI is InChI=1S/C5H4BrNOS/c6-4(1-8)5-2-9-3-7-5/h1-4H. The smallest absolute Gasteiger partial charge is 0.139 e. The van der Waals surface area contributed by atoms with E-state index in [1.807, 2.05) is 5.38 Å². The number of alkyl halides is 1. The van der Waals surface area contributed by atoms with Gasteiger partial charge in [0.25, 0.3) is 0 Å². The third-order valence-corrected chi connectivity index (χ3v) is 2.14. The second kappa shape index (κ2) is 3.08. The Morgan fingerprint density at radius 3 is 3.11 bits per heavy atom. The summed E-state index contributed by atoms with van der Waals surface area (Å²) >= 11 is 4.62. The van der Waals surface area contributed by atoms with E-state index in [-0.39, 0.29) is 4.83 Å². The number of aromatic nitrogens is 1. The van der Waals surface area contributed by atoms with Crippen molar-refractivity contribution >= 4 is 33.6 Å². The molecular formula is C5H4BrNOS. The number of hydrogen-bond acceptors (Lipinski definition) is 3. The fourth-order valence-electron chi connectivity index (χ4n) is 0.428. The van der Waals surface area contributed by atoms with Gasteiger partial charge in [-0.1, -0.05) is 15.9 Å². The molecule has 0 N–H and O–H groups in total. The highest BCUT2D eigenvalue weighted by atomic mass is 79.9. The lowest BCUT2D eigenvalue weighted by Crippen LogP contribution is -1.88. The van der Waals surface area contributed by atoms with Crippen molar-refractivity contribution < 1.29 is 4.79 Å². The van der Waals surface area contributed by atoms with Crippen molar-refractivity contribution in [3.05, 3.63) is 16.6 Å². The van der Waals surface area contributed by atoms with Crippen LogP contribution in [0.15, 0.2) is 10.9 Å². The Balaban J connectivity index is 2.76. The van der Waals surface area contributed by atoms with E-state index < -0.39 is 0 Å². The lowest BCUT2D eigenvalue weighted by molar-refractivity contribution is -0.107. The van der Waals surface area contributed by atoms with Crippen LogP contribution in [0.2, 0.25) is 0 Å². The molecule has 1 aromatic rings. The molecule has 0 aliphatic rings. The Hall–Kier alpha value is -0.220. The minimum Gasteiger partial charge on any atom is -0.302 e. The molecule has 0 aromatic carbocycles. The molecule has 1 unspecified atom stereocenters. The molecule has 2 nitrogen and oxygen atoms in total. The maximum absolute atomic E-state index is 10.1. The van der Waals surface area contributed by atoms with Gasteiger partial charge in [0.1, 0.15) is 11.1 Å². The van der Waals surface area contributed by atoms with Crippen LogP contribution in [0.3, 0.4) is 0 Å².